The largest absolute Gasteiger partial charge is 0.454 e. The van der Waals surface area contributed by atoms with Gasteiger partial charge in [0.25, 0.3) is 0 Å². The number of rotatable bonds is 3. The molecule has 2 aliphatic rings. The molecule has 2 aliphatic heterocycles. The highest BCUT2D eigenvalue weighted by Crippen LogP contribution is 2.36. The Hall–Kier alpha value is -2.13. The van der Waals surface area contributed by atoms with Crippen LogP contribution in [0.2, 0.25) is 0 Å². The van der Waals surface area contributed by atoms with Crippen molar-refractivity contribution in [1.29, 1.82) is 0 Å². The number of nitrogens with zero attached hydrogens (tertiary/aromatic N) is 4. The molecule has 1 fully saturated rings. The van der Waals surface area contributed by atoms with Gasteiger partial charge < -0.3 is 14.0 Å². The van der Waals surface area contributed by atoms with E-state index in [1.807, 2.05) is 11.6 Å². The van der Waals surface area contributed by atoms with E-state index in [2.05, 4.69) is 10.2 Å². The fourth-order valence-corrected chi connectivity index (χ4v) is 4.76. The lowest BCUT2D eigenvalue weighted by molar-refractivity contribution is 0.174. The third kappa shape index (κ3) is 2.53. The summed E-state index contributed by atoms with van der Waals surface area (Å²) in [5.41, 5.74) is 0. The summed E-state index contributed by atoms with van der Waals surface area (Å²) in [5, 5.41) is 8.03. The molecule has 2 aromatic rings. The van der Waals surface area contributed by atoms with Crippen LogP contribution in [0.4, 0.5) is 0 Å². The van der Waals surface area contributed by atoms with Crippen LogP contribution < -0.4 is 9.47 Å². The second-order valence-electron chi connectivity index (χ2n) is 6.02. The first-order chi connectivity index (χ1) is 11.6. The molecule has 3 heterocycles. The zero-order chi connectivity index (χ0) is 16.7. The van der Waals surface area contributed by atoms with Crippen LogP contribution in [0, 0.1) is 0 Å². The van der Waals surface area contributed by atoms with E-state index in [1.165, 1.54) is 10.4 Å². The van der Waals surface area contributed by atoms with Crippen LogP contribution in [0.1, 0.15) is 24.6 Å². The Kier molecular flexibility index (Phi) is 3.69. The zero-order valence-electron chi connectivity index (χ0n) is 13.3. The molecule has 128 valence electrons. The van der Waals surface area contributed by atoms with Crippen molar-refractivity contribution in [3.8, 4) is 11.5 Å². The van der Waals surface area contributed by atoms with Gasteiger partial charge >= 0.3 is 0 Å². The summed E-state index contributed by atoms with van der Waals surface area (Å²) < 4.78 is 39.9. The molecule has 1 saturated heterocycles. The molecule has 8 nitrogen and oxygen atoms in total. The summed E-state index contributed by atoms with van der Waals surface area (Å²) >= 11 is 0. The molecule has 0 saturated carbocycles. The van der Waals surface area contributed by atoms with Crippen LogP contribution in [-0.4, -0.2) is 47.4 Å². The highest BCUT2D eigenvalue weighted by Gasteiger charge is 2.33. The minimum Gasteiger partial charge on any atom is -0.454 e. The Morgan fingerprint density at radius 1 is 1.25 bits per heavy atom. The molecule has 0 bridgehead atoms. The predicted molar refractivity (Wildman–Crippen MR) is 84.3 cm³/mol. The van der Waals surface area contributed by atoms with Crippen LogP contribution in [0.5, 0.6) is 11.5 Å². The van der Waals surface area contributed by atoms with Gasteiger partial charge in [0, 0.05) is 32.1 Å². The maximum atomic E-state index is 13.0. The van der Waals surface area contributed by atoms with Crippen LogP contribution in [0.15, 0.2) is 29.4 Å². The lowest BCUT2D eigenvalue weighted by atomic mass is 9.99. The number of ether oxygens (including phenoxy) is 2. The number of piperidine rings is 1. The average molecular weight is 350 g/mol. The number of fused-ring (bicyclic) bond motifs is 1. The van der Waals surface area contributed by atoms with E-state index in [0.29, 0.717) is 24.6 Å². The highest BCUT2D eigenvalue weighted by atomic mass is 32.2. The molecule has 1 atom stereocenters. The first kappa shape index (κ1) is 15.4. The number of aromatic nitrogens is 3. The Morgan fingerprint density at radius 2 is 2.08 bits per heavy atom. The molecule has 0 aliphatic carbocycles. The van der Waals surface area contributed by atoms with E-state index in [1.54, 1.807) is 18.5 Å². The fourth-order valence-electron chi connectivity index (χ4n) is 3.22. The Balaban J connectivity index is 1.61. The number of aryl methyl sites for hydroxylation is 1. The van der Waals surface area contributed by atoms with Crippen LogP contribution in [-0.2, 0) is 17.1 Å². The van der Waals surface area contributed by atoms with E-state index < -0.39 is 10.0 Å². The first-order valence-corrected chi connectivity index (χ1v) is 9.23. The first-order valence-electron chi connectivity index (χ1n) is 7.79. The van der Waals surface area contributed by atoms with Gasteiger partial charge in [0.2, 0.25) is 16.8 Å². The standard InChI is InChI=1S/C15H18N4O4S/c1-18-9-16-17-15(18)11-3-2-6-19(8-11)24(20,21)12-4-5-13-14(7-12)23-10-22-13/h4-5,7,9,11H,2-3,6,8,10H2,1H3/t11-/m0/s1. The molecule has 9 heteroatoms. The molecular formula is C15H18N4O4S. The van der Waals surface area contributed by atoms with Crippen molar-refractivity contribution in [2.75, 3.05) is 19.9 Å². The third-order valence-electron chi connectivity index (χ3n) is 4.48. The van der Waals surface area contributed by atoms with Crippen LogP contribution in [0.3, 0.4) is 0 Å². The van der Waals surface area contributed by atoms with E-state index in [0.717, 1.165) is 18.7 Å². The van der Waals surface area contributed by atoms with E-state index in [-0.39, 0.29) is 17.6 Å². The molecule has 1 aromatic carbocycles. The lowest BCUT2D eigenvalue weighted by Crippen LogP contribution is -2.39. The number of hydrogen-bond donors (Lipinski definition) is 0. The summed E-state index contributed by atoms with van der Waals surface area (Å²) in [6.45, 7) is 1.03. The highest BCUT2D eigenvalue weighted by molar-refractivity contribution is 7.89. The second-order valence-corrected chi connectivity index (χ2v) is 7.96. The molecule has 0 unspecified atom stereocenters. The van der Waals surface area contributed by atoms with Gasteiger partial charge in [-0.1, -0.05) is 0 Å². The number of sulfonamides is 1. The van der Waals surface area contributed by atoms with Gasteiger partial charge in [-0.2, -0.15) is 4.31 Å². The summed E-state index contributed by atoms with van der Waals surface area (Å²) in [6, 6.07) is 4.73. The summed E-state index contributed by atoms with van der Waals surface area (Å²) in [6.07, 6.45) is 3.33. The topological polar surface area (TPSA) is 86.6 Å². The monoisotopic (exact) mass is 350 g/mol. The average Bonchev–Trinajstić information content (AvgIpc) is 3.22. The van der Waals surface area contributed by atoms with Gasteiger partial charge in [-0.25, -0.2) is 8.42 Å². The maximum absolute atomic E-state index is 13.0. The SMILES string of the molecule is Cn1cnnc1[C@H]1CCCN(S(=O)(=O)c2ccc3c(c2)OCO3)C1. The molecule has 1 aromatic heterocycles. The minimum absolute atomic E-state index is 0.0510. The van der Waals surface area contributed by atoms with E-state index in [4.69, 9.17) is 9.47 Å². The van der Waals surface area contributed by atoms with Gasteiger partial charge in [0.15, 0.2) is 11.5 Å². The van der Waals surface area contributed by atoms with E-state index >= 15 is 0 Å². The van der Waals surface area contributed by atoms with Gasteiger partial charge in [0.1, 0.15) is 12.2 Å². The lowest BCUT2D eigenvalue weighted by Gasteiger charge is -2.31. The molecule has 0 N–H and O–H groups in total. The molecule has 0 radical (unpaired) electrons. The van der Waals surface area contributed by atoms with Crippen molar-refractivity contribution in [3.05, 3.63) is 30.4 Å². The normalized spacial score (nSPS) is 21.1. The zero-order valence-corrected chi connectivity index (χ0v) is 14.1. The van der Waals surface area contributed by atoms with Crippen molar-refractivity contribution in [1.82, 2.24) is 19.1 Å². The van der Waals surface area contributed by atoms with Crippen LogP contribution in [0.25, 0.3) is 0 Å². The fraction of sp³-hybridized carbons (Fsp3) is 0.467. The minimum atomic E-state index is -3.58. The van der Waals surface area contributed by atoms with Gasteiger partial charge in [-0.3, -0.25) is 0 Å². The summed E-state index contributed by atoms with van der Waals surface area (Å²) in [5.74, 6) is 1.91. The Bertz CT molecular complexity index is 864. The predicted octanol–water partition coefficient (Wildman–Crippen LogP) is 1.11. The number of hydrogen-bond acceptors (Lipinski definition) is 6. The van der Waals surface area contributed by atoms with Crippen molar-refractivity contribution in [2.45, 2.75) is 23.7 Å². The molecule has 0 amide bonds. The molecule has 24 heavy (non-hydrogen) atoms. The van der Waals surface area contributed by atoms with Crippen molar-refractivity contribution >= 4 is 10.0 Å². The smallest absolute Gasteiger partial charge is 0.243 e. The van der Waals surface area contributed by atoms with Crippen LogP contribution >= 0.6 is 0 Å². The van der Waals surface area contributed by atoms with Gasteiger partial charge in [-0.05, 0) is 25.0 Å². The molecular weight excluding hydrogens is 332 g/mol. The Labute approximate surface area is 140 Å². The second kappa shape index (κ2) is 5.75. The quantitative estimate of drug-likeness (QED) is 0.824. The van der Waals surface area contributed by atoms with Crippen molar-refractivity contribution in [2.24, 2.45) is 7.05 Å². The number of benzene rings is 1. The van der Waals surface area contributed by atoms with Crippen molar-refractivity contribution in [3.63, 3.8) is 0 Å². The van der Waals surface area contributed by atoms with E-state index in [9.17, 15) is 8.42 Å². The third-order valence-corrected chi connectivity index (χ3v) is 6.34. The van der Waals surface area contributed by atoms with Gasteiger partial charge in [0.05, 0.1) is 4.90 Å². The molecule has 0 spiro atoms. The molecule has 4 rings (SSSR count). The van der Waals surface area contributed by atoms with Gasteiger partial charge in [-0.15, -0.1) is 10.2 Å². The summed E-state index contributed by atoms with van der Waals surface area (Å²) in [4.78, 5) is 0.227. The Morgan fingerprint density at radius 3 is 2.88 bits per heavy atom. The van der Waals surface area contributed by atoms with Crippen molar-refractivity contribution < 1.29 is 17.9 Å². The summed E-state index contributed by atoms with van der Waals surface area (Å²) in [7, 11) is -1.70. The maximum Gasteiger partial charge on any atom is 0.243 e.